The molecule has 2 aliphatic rings. The molecule has 7 heteroatoms. The van der Waals surface area contributed by atoms with Crippen LogP contribution in [0.2, 0.25) is 0 Å². The highest BCUT2D eigenvalue weighted by atomic mass is 79.9. The second-order valence-corrected chi connectivity index (χ2v) is 6.82. The highest BCUT2D eigenvalue weighted by Gasteiger charge is 2.42. The van der Waals surface area contributed by atoms with Crippen LogP contribution in [0.1, 0.15) is 12.8 Å². The molecule has 0 saturated carbocycles. The summed E-state index contributed by atoms with van der Waals surface area (Å²) in [6.45, 7) is 0.770. The van der Waals surface area contributed by atoms with Crippen LogP contribution in [0.5, 0.6) is 5.75 Å². The molecule has 2 fully saturated rings. The van der Waals surface area contributed by atoms with Crippen molar-refractivity contribution >= 4 is 49.4 Å². The maximum atomic E-state index is 12.6. The summed E-state index contributed by atoms with van der Waals surface area (Å²) in [4.78, 5) is 28.1. The van der Waals surface area contributed by atoms with Gasteiger partial charge in [-0.3, -0.25) is 14.5 Å². The number of fused-ring (bicyclic) bond motifs is 1. The summed E-state index contributed by atoms with van der Waals surface area (Å²) in [6, 6.07) is 3.28. The summed E-state index contributed by atoms with van der Waals surface area (Å²) < 4.78 is 6.82. The number of ether oxygens (including phenoxy) is 1. The van der Waals surface area contributed by atoms with E-state index in [1.165, 1.54) is 0 Å². The van der Waals surface area contributed by atoms with Crippen molar-refractivity contribution in [3.8, 4) is 5.75 Å². The minimum absolute atomic E-state index is 0.00545. The number of carbonyl (C=O) groups excluding carboxylic acids is 2. The highest BCUT2D eigenvalue weighted by Crippen LogP contribution is 2.38. The summed E-state index contributed by atoms with van der Waals surface area (Å²) in [5.74, 6) is 0.616. The Bertz CT molecular complexity index is 620. The molecule has 0 radical (unpaired) electrons. The van der Waals surface area contributed by atoms with E-state index in [0.717, 1.165) is 21.8 Å². The first-order valence-electron chi connectivity index (χ1n) is 6.67. The Labute approximate surface area is 139 Å². The van der Waals surface area contributed by atoms with Crippen LogP contribution in [-0.4, -0.2) is 43.0 Å². The molecule has 2 heterocycles. The first kappa shape index (κ1) is 14.8. The van der Waals surface area contributed by atoms with E-state index in [1.54, 1.807) is 23.0 Å². The number of piperazine rings is 1. The van der Waals surface area contributed by atoms with Crippen LogP contribution >= 0.6 is 31.9 Å². The number of anilines is 1. The molecule has 0 spiro atoms. The molecule has 2 aliphatic heterocycles. The van der Waals surface area contributed by atoms with E-state index in [-0.39, 0.29) is 24.4 Å². The third-order valence-electron chi connectivity index (χ3n) is 3.93. The van der Waals surface area contributed by atoms with Crippen LogP contribution in [-0.2, 0) is 9.59 Å². The largest absolute Gasteiger partial charge is 0.495 e. The van der Waals surface area contributed by atoms with Gasteiger partial charge in [0.1, 0.15) is 18.3 Å². The van der Waals surface area contributed by atoms with Crippen LogP contribution in [0.3, 0.4) is 0 Å². The molecule has 2 saturated heterocycles. The monoisotopic (exact) mass is 416 g/mol. The summed E-state index contributed by atoms with van der Waals surface area (Å²) in [5, 5.41) is 0. The summed E-state index contributed by atoms with van der Waals surface area (Å²) in [6.07, 6.45) is 1.63. The van der Waals surface area contributed by atoms with Gasteiger partial charge in [0.15, 0.2) is 0 Å². The van der Waals surface area contributed by atoms with Crippen molar-refractivity contribution in [1.82, 2.24) is 4.90 Å². The number of benzene rings is 1. The third-order valence-corrected chi connectivity index (χ3v) is 5.18. The van der Waals surface area contributed by atoms with Gasteiger partial charge in [0.05, 0.1) is 17.3 Å². The smallest absolute Gasteiger partial charge is 0.250 e. The van der Waals surface area contributed by atoms with Crippen LogP contribution < -0.4 is 9.64 Å². The van der Waals surface area contributed by atoms with Gasteiger partial charge in [0.2, 0.25) is 11.8 Å². The van der Waals surface area contributed by atoms with E-state index >= 15 is 0 Å². The fraction of sp³-hybridized carbons (Fsp3) is 0.429. The molecule has 21 heavy (non-hydrogen) atoms. The fourth-order valence-corrected chi connectivity index (χ4v) is 4.26. The number of rotatable bonds is 2. The molecule has 112 valence electrons. The van der Waals surface area contributed by atoms with E-state index < -0.39 is 0 Å². The lowest BCUT2D eigenvalue weighted by Crippen LogP contribution is -2.57. The SMILES string of the molecule is COc1cc(N2CC(=O)N3CCCC3C2=O)c(Br)cc1Br. The van der Waals surface area contributed by atoms with E-state index in [1.807, 2.05) is 6.07 Å². The van der Waals surface area contributed by atoms with E-state index in [9.17, 15) is 9.59 Å². The average Bonchev–Trinajstić information content (AvgIpc) is 2.94. The number of hydrogen-bond acceptors (Lipinski definition) is 3. The topological polar surface area (TPSA) is 49.9 Å². The third kappa shape index (κ3) is 2.46. The Morgan fingerprint density at radius 3 is 2.71 bits per heavy atom. The maximum Gasteiger partial charge on any atom is 0.250 e. The Morgan fingerprint density at radius 2 is 2.00 bits per heavy atom. The number of carbonyl (C=O) groups is 2. The van der Waals surface area contributed by atoms with Gasteiger partial charge in [-0.15, -0.1) is 0 Å². The van der Waals surface area contributed by atoms with Crippen molar-refractivity contribution in [1.29, 1.82) is 0 Å². The quantitative estimate of drug-likeness (QED) is 0.742. The van der Waals surface area contributed by atoms with Crippen molar-refractivity contribution in [2.75, 3.05) is 25.1 Å². The number of halogens is 2. The summed E-state index contributed by atoms with van der Waals surface area (Å²) >= 11 is 6.87. The van der Waals surface area contributed by atoms with E-state index in [0.29, 0.717) is 18.0 Å². The molecule has 0 aromatic heterocycles. The first-order valence-corrected chi connectivity index (χ1v) is 8.25. The molecule has 5 nitrogen and oxygen atoms in total. The van der Waals surface area contributed by atoms with Crippen LogP contribution in [0.15, 0.2) is 21.1 Å². The van der Waals surface area contributed by atoms with Gasteiger partial charge < -0.3 is 9.64 Å². The normalized spacial score (nSPS) is 21.8. The van der Waals surface area contributed by atoms with Crippen LogP contribution in [0, 0.1) is 0 Å². The lowest BCUT2D eigenvalue weighted by Gasteiger charge is -2.36. The van der Waals surface area contributed by atoms with E-state index in [4.69, 9.17) is 4.74 Å². The van der Waals surface area contributed by atoms with Crippen molar-refractivity contribution in [3.05, 3.63) is 21.1 Å². The number of methoxy groups -OCH3 is 1. The van der Waals surface area contributed by atoms with Gasteiger partial charge in [-0.05, 0) is 50.8 Å². The van der Waals surface area contributed by atoms with Crippen molar-refractivity contribution in [3.63, 3.8) is 0 Å². The molecule has 1 atom stereocenters. The molecule has 2 amide bonds. The lowest BCUT2D eigenvalue weighted by molar-refractivity contribution is -0.140. The number of hydrogen-bond donors (Lipinski definition) is 0. The summed E-state index contributed by atoms with van der Waals surface area (Å²) in [7, 11) is 1.57. The standard InChI is InChI=1S/C14H14Br2N2O3/c1-21-12-6-11(8(15)5-9(12)16)18-7-13(19)17-4-2-3-10(17)14(18)20/h5-6,10H,2-4,7H2,1H3. The molecular formula is C14H14Br2N2O3. The molecular weight excluding hydrogens is 404 g/mol. The minimum Gasteiger partial charge on any atom is -0.495 e. The zero-order valence-corrected chi connectivity index (χ0v) is 14.6. The van der Waals surface area contributed by atoms with Gasteiger partial charge in [0.25, 0.3) is 0 Å². The molecule has 0 N–H and O–H groups in total. The minimum atomic E-state index is -0.312. The van der Waals surface area contributed by atoms with Crippen LogP contribution in [0.4, 0.5) is 5.69 Å². The second kappa shape index (κ2) is 5.61. The van der Waals surface area contributed by atoms with E-state index in [2.05, 4.69) is 31.9 Å². The van der Waals surface area contributed by atoms with Crippen LogP contribution in [0.25, 0.3) is 0 Å². The van der Waals surface area contributed by atoms with Gasteiger partial charge in [-0.2, -0.15) is 0 Å². The van der Waals surface area contributed by atoms with Gasteiger partial charge in [-0.25, -0.2) is 0 Å². The summed E-state index contributed by atoms with van der Waals surface area (Å²) in [5.41, 5.74) is 0.667. The molecule has 0 aliphatic carbocycles. The molecule has 1 unspecified atom stereocenters. The highest BCUT2D eigenvalue weighted by molar-refractivity contribution is 9.11. The number of nitrogens with zero attached hydrogens (tertiary/aromatic N) is 2. The predicted octanol–water partition coefficient (Wildman–Crippen LogP) is 2.56. The molecule has 1 aromatic carbocycles. The van der Waals surface area contributed by atoms with Gasteiger partial charge in [-0.1, -0.05) is 0 Å². The zero-order chi connectivity index (χ0) is 15.1. The van der Waals surface area contributed by atoms with Crippen molar-refractivity contribution in [2.24, 2.45) is 0 Å². The average molecular weight is 418 g/mol. The molecule has 1 aromatic rings. The first-order chi connectivity index (χ1) is 10.0. The van der Waals surface area contributed by atoms with Gasteiger partial charge >= 0.3 is 0 Å². The fourth-order valence-electron chi connectivity index (χ4n) is 2.89. The zero-order valence-electron chi connectivity index (χ0n) is 11.4. The number of amides is 2. The van der Waals surface area contributed by atoms with Crippen molar-refractivity contribution in [2.45, 2.75) is 18.9 Å². The Hall–Kier alpha value is -1.08. The Kier molecular flexibility index (Phi) is 3.96. The Morgan fingerprint density at radius 1 is 1.24 bits per heavy atom. The lowest BCUT2D eigenvalue weighted by atomic mass is 10.1. The predicted molar refractivity (Wildman–Crippen MR) is 85.5 cm³/mol. The van der Waals surface area contributed by atoms with Gasteiger partial charge in [0, 0.05) is 17.1 Å². The molecule has 3 rings (SSSR count). The molecule has 0 bridgehead atoms. The van der Waals surface area contributed by atoms with Crippen molar-refractivity contribution < 1.29 is 14.3 Å². The maximum absolute atomic E-state index is 12.6. The Balaban J connectivity index is 2.00. The second-order valence-electron chi connectivity index (χ2n) is 5.11.